The average Bonchev–Trinajstić information content (AvgIpc) is 2.00. The van der Waals surface area contributed by atoms with E-state index in [1.54, 1.807) is 0 Å². The predicted molar refractivity (Wildman–Crippen MR) is 357 cm³/mol. The van der Waals surface area contributed by atoms with Crippen LogP contribution in [0.3, 0.4) is 0 Å². The molecule has 6 nitrogen and oxygen atoms in total. The van der Waals surface area contributed by atoms with Crippen molar-refractivity contribution < 1.29 is 9.31 Å². The van der Waals surface area contributed by atoms with E-state index in [9.17, 15) is 0 Å². The van der Waals surface area contributed by atoms with Crippen LogP contribution in [0.15, 0.2) is 271 Å². The molecule has 1 fully saturated rings. The van der Waals surface area contributed by atoms with Crippen molar-refractivity contribution in [3.05, 3.63) is 271 Å². The lowest BCUT2D eigenvalue weighted by molar-refractivity contribution is 0.00578. The fourth-order valence-electron chi connectivity index (χ4n) is 12.2. The molecular formula is C76H56BBrN4O2. The number of aromatic nitrogens is 4. The first kappa shape index (κ1) is 51.4. The van der Waals surface area contributed by atoms with Crippen LogP contribution >= 0.6 is 15.9 Å². The van der Waals surface area contributed by atoms with E-state index >= 15 is 0 Å². The van der Waals surface area contributed by atoms with E-state index in [-0.39, 0.29) is 18.3 Å². The molecule has 0 spiro atoms. The van der Waals surface area contributed by atoms with Crippen molar-refractivity contribution in [2.75, 3.05) is 0 Å². The van der Waals surface area contributed by atoms with Crippen molar-refractivity contribution in [3.63, 3.8) is 0 Å². The third kappa shape index (κ3) is 8.97. The Hall–Kier alpha value is -9.44. The van der Waals surface area contributed by atoms with Gasteiger partial charge in [0.05, 0.1) is 44.3 Å². The molecule has 0 atom stereocenters. The highest BCUT2D eigenvalue weighted by Crippen LogP contribution is 2.39. The summed E-state index contributed by atoms with van der Waals surface area (Å²) < 4.78 is 18.3. The van der Waals surface area contributed by atoms with Crippen LogP contribution in [-0.4, -0.2) is 37.1 Å². The maximum Gasteiger partial charge on any atom is 0.494 e. The molecule has 1 aliphatic heterocycles. The molecule has 0 aliphatic carbocycles. The molecule has 8 heteroatoms. The van der Waals surface area contributed by atoms with Crippen molar-refractivity contribution in [1.82, 2.24) is 18.8 Å². The monoisotopic (exact) mass is 1150 g/mol. The van der Waals surface area contributed by atoms with E-state index in [2.05, 4.69) is 313 Å². The lowest BCUT2D eigenvalue weighted by Crippen LogP contribution is -2.41. The number of hydrogen-bond donors (Lipinski definition) is 0. The highest BCUT2D eigenvalue weighted by molar-refractivity contribution is 9.10. The Morgan fingerprint density at radius 1 is 0.321 bits per heavy atom. The lowest BCUT2D eigenvalue weighted by atomic mass is 9.78. The van der Waals surface area contributed by atoms with Crippen LogP contribution in [-0.2, 0) is 9.31 Å². The van der Waals surface area contributed by atoms with Crippen molar-refractivity contribution >= 4 is 127 Å². The van der Waals surface area contributed by atoms with Crippen LogP contribution in [0.4, 0.5) is 0 Å². The van der Waals surface area contributed by atoms with Gasteiger partial charge in [-0.05, 0) is 172 Å². The molecular weight excluding hydrogens is 1090 g/mol. The average molecular weight is 1150 g/mol. The summed E-state index contributed by atoms with van der Waals surface area (Å²) in [5, 5.41) is 12.2. The molecule has 5 heterocycles. The van der Waals surface area contributed by atoms with Gasteiger partial charge >= 0.3 is 7.12 Å². The third-order valence-electron chi connectivity index (χ3n) is 17.3. The minimum Gasteiger partial charge on any atom is -0.399 e. The first-order valence-electron chi connectivity index (χ1n) is 28.7. The zero-order valence-corrected chi connectivity index (χ0v) is 48.6. The molecule has 84 heavy (non-hydrogen) atoms. The number of rotatable bonds is 4. The van der Waals surface area contributed by atoms with Gasteiger partial charge in [0.25, 0.3) is 0 Å². The molecule has 0 amide bonds. The van der Waals surface area contributed by atoms with Crippen molar-refractivity contribution in [1.29, 1.82) is 0 Å². The van der Waals surface area contributed by atoms with Gasteiger partial charge in [-0.1, -0.05) is 210 Å². The Bertz CT molecular complexity index is 5230. The first-order valence-corrected chi connectivity index (χ1v) is 29.4. The Balaban J connectivity index is 0.000000114. The van der Waals surface area contributed by atoms with Crippen LogP contribution in [0.2, 0.25) is 0 Å². The summed E-state index contributed by atoms with van der Waals surface area (Å²) in [4.78, 5) is 9.99. The second kappa shape index (κ2) is 20.5. The maximum atomic E-state index is 6.30. The van der Waals surface area contributed by atoms with E-state index in [0.29, 0.717) is 0 Å². The molecule has 16 aromatic rings. The van der Waals surface area contributed by atoms with Crippen LogP contribution < -0.4 is 5.46 Å². The standard InChI is InChI=1S/C35H22N2.C25H23BN2O2.C16H11Br/c1-2-8-26-21-27(18-17-23(26)7-1)24-13-15-25(16-14-24)28-19-20-30-31(22-28)29-9-3-5-11-33(29)37-34-12-6-4-10-32(34)36-35(30)37;1-24(2)25(3,4)30-26(29-24)16-13-14-18-19(15-16)17-9-5-7-11-21(17)28-22-12-8-6-10-20(22)27-23(18)28;17-16-9-7-13(8-10-16)15-6-5-12-3-1-2-4-14(12)11-15/h1-22H;5-15H,1-4H3;1-11H. The molecule has 4 aromatic heterocycles. The zero-order chi connectivity index (χ0) is 56.7. The van der Waals surface area contributed by atoms with Gasteiger partial charge < -0.3 is 9.31 Å². The largest absolute Gasteiger partial charge is 0.494 e. The molecule has 12 aromatic carbocycles. The predicted octanol–water partition coefficient (Wildman–Crippen LogP) is 19.6. The number of imidazole rings is 2. The van der Waals surface area contributed by atoms with Crippen molar-refractivity contribution in [2.24, 2.45) is 0 Å². The molecule has 0 unspecified atom stereocenters. The summed E-state index contributed by atoms with van der Waals surface area (Å²) in [5.41, 5.74) is 16.3. The van der Waals surface area contributed by atoms with Gasteiger partial charge in [-0.15, -0.1) is 0 Å². The van der Waals surface area contributed by atoms with E-state index < -0.39 is 0 Å². The summed E-state index contributed by atoms with van der Waals surface area (Å²) >= 11 is 3.46. The Morgan fingerprint density at radius 2 is 0.690 bits per heavy atom. The number of para-hydroxylation sites is 6. The first-order chi connectivity index (χ1) is 41.0. The van der Waals surface area contributed by atoms with Gasteiger partial charge in [-0.3, -0.25) is 8.80 Å². The van der Waals surface area contributed by atoms with Crippen molar-refractivity contribution in [3.8, 4) is 33.4 Å². The summed E-state index contributed by atoms with van der Waals surface area (Å²) in [6.07, 6.45) is 0. The van der Waals surface area contributed by atoms with E-state index in [1.165, 1.54) is 87.4 Å². The van der Waals surface area contributed by atoms with Gasteiger partial charge in [0.2, 0.25) is 0 Å². The van der Waals surface area contributed by atoms with Crippen LogP contribution in [0.25, 0.3) is 132 Å². The van der Waals surface area contributed by atoms with E-state index in [4.69, 9.17) is 19.3 Å². The molecule has 0 N–H and O–H groups in total. The van der Waals surface area contributed by atoms with Gasteiger partial charge in [-0.25, -0.2) is 9.97 Å². The maximum absolute atomic E-state index is 6.30. The number of hydrogen-bond acceptors (Lipinski definition) is 4. The van der Waals surface area contributed by atoms with Crippen molar-refractivity contribution in [2.45, 2.75) is 38.9 Å². The quantitative estimate of drug-likeness (QED) is 0.130. The molecule has 0 bridgehead atoms. The fraction of sp³-hybridized carbons (Fsp3) is 0.0789. The minimum absolute atomic E-state index is 0.362. The summed E-state index contributed by atoms with van der Waals surface area (Å²) in [5.74, 6) is 0. The second-order valence-electron chi connectivity index (χ2n) is 22.9. The van der Waals surface area contributed by atoms with Gasteiger partial charge in [0.1, 0.15) is 11.3 Å². The molecule has 1 aliphatic rings. The number of nitrogens with zero attached hydrogens (tertiary/aromatic N) is 4. The highest BCUT2D eigenvalue weighted by Gasteiger charge is 2.51. The molecule has 17 rings (SSSR count). The smallest absolute Gasteiger partial charge is 0.399 e. The van der Waals surface area contributed by atoms with Gasteiger partial charge in [-0.2, -0.15) is 0 Å². The molecule has 1 saturated heterocycles. The summed E-state index contributed by atoms with van der Waals surface area (Å²) in [7, 11) is -0.381. The Kier molecular flexibility index (Phi) is 12.5. The fourth-order valence-corrected chi connectivity index (χ4v) is 12.4. The normalized spacial score (nSPS) is 13.8. The number of fused-ring (bicyclic) bond motifs is 18. The number of halogens is 1. The topological polar surface area (TPSA) is 53.1 Å². The Morgan fingerprint density at radius 3 is 1.19 bits per heavy atom. The van der Waals surface area contributed by atoms with Crippen LogP contribution in [0, 0.1) is 0 Å². The van der Waals surface area contributed by atoms with E-state index in [1.807, 2.05) is 6.07 Å². The summed E-state index contributed by atoms with van der Waals surface area (Å²) in [6.45, 7) is 8.35. The van der Waals surface area contributed by atoms with Crippen LogP contribution in [0.1, 0.15) is 27.7 Å². The second-order valence-corrected chi connectivity index (χ2v) is 23.8. The SMILES string of the molecule is Brc1ccc(-c2ccc3ccccc3c2)cc1.CC1(C)OB(c2ccc3c(c2)c2ccccc2n2c4ccccc4nc32)OC1(C)C.c1ccc2cc(-c3ccc(-c4ccc5c(c4)c4ccccc4n4c6ccccc6nc54)cc3)ccc2c1. The van der Waals surface area contributed by atoms with Gasteiger partial charge in [0.15, 0.2) is 0 Å². The minimum atomic E-state index is -0.381. The summed E-state index contributed by atoms with van der Waals surface area (Å²) in [6, 6.07) is 94.7. The zero-order valence-electron chi connectivity index (χ0n) is 47.0. The van der Waals surface area contributed by atoms with Gasteiger partial charge in [0, 0.05) is 26.0 Å². The Labute approximate surface area is 495 Å². The van der Waals surface area contributed by atoms with Crippen LogP contribution in [0.5, 0.6) is 0 Å². The number of pyridine rings is 2. The number of benzene rings is 12. The molecule has 0 radical (unpaired) electrons. The molecule has 0 saturated carbocycles. The van der Waals surface area contributed by atoms with E-state index in [0.717, 1.165) is 54.2 Å². The highest BCUT2D eigenvalue weighted by atomic mass is 79.9. The lowest BCUT2D eigenvalue weighted by Gasteiger charge is -2.32. The third-order valence-corrected chi connectivity index (χ3v) is 17.8. The molecule has 402 valence electrons.